The van der Waals surface area contributed by atoms with Crippen LogP contribution in [0.5, 0.6) is 0 Å². The number of hydrogen-bond acceptors (Lipinski definition) is 5. The van der Waals surface area contributed by atoms with E-state index in [1.807, 2.05) is 0 Å². The fourth-order valence-electron chi connectivity index (χ4n) is 3.25. The van der Waals surface area contributed by atoms with E-state index in [1.54, 1.807) is 24.4 Å². The Morgan fingerprint density at radius 3 is 2.73 bits per heavy atom. The molecule has 0 aliphatic heterocycles. The topological polar surface area (TPSA) is 107 Å². The Morgan fingerprint density at radius 2 is 2.08 bits per heavy atom. The monoisotopic (exact) mass is 398 g/mol. The van der Waals surface area contributed by atoms with Crippen molar-refractivity contribution in [2.24, 2.45) is 11.7 Å². The zero-order chi connectivity index (χ0) is 18.0. The second-order valence-corrected chi connectivity index (χ2v) is 8.50. The minimum atomic E-state index is -3.38. The molecule has 0 unspecified atom stereocenters. The fourth-order valence-corrected chi connectivity index (χ4v) is 4.12. The first-order valence-corrected chi connectivity index (χ1v) is 10.1. The number of carbonyl (C=O) groups is 1. The summed E-state index contributed by atoms with van der Waals surface area (Å²) in [6, 6.07) is 6.70. The van der Waals surface area contributed by atoms with E-state index in [0.717, 1.165) is 25.5 Å². The lowest BCUT2D eigenvalue weighted by Crippen LogP contribution is -2.28. The van der Waals surface area contributed by atoms with Crippen LogP contribution in [-0.2, 0) is 14.6 Å². The van der Waals surface area contributed by atoms with Crippen molar-refractivity contribution >= 4 is 33.8 Å². The molecule has 3 rings (SSSR count). The molecule has 1 aromatic carbocycles. The minimum Gasteiger partial charge on any atom is -0.327 e. The SMILES string of the molecule is CS(=O)(=O)c1ccccc1-n1cc(NC(=O)C[C@@H]2CCC[C@H]2N)cn1.Cl. The zero-order valence-electron chi connectivity index (χ0n) is 14.5. The van der Waals surface area contributed by atoms with Crippen LogP contribution in [0.25, 0.3) is 5.69 Å². The molecule has 9 heteroatoms. The molecule has 1 amide bonds. The van der Waals surface area contributed by atoms with E-state index in [-0.39, 0.29) is 35.2 Å². The molecular formula is C17H23ClN4O3S. The second-order valence-electron chi connectivity index (χ2n) is 6.52. The smallest absolute Gasteiger partial charge is 0.224 e. The predicted octanol–water partition coefficient (Wildman–Crippen LogP) is 2.15. The lowest BCUT2D eigenvalue weighted by Gasteiger charge is -2.14. The highest BCUT2D eigenvalue weighted by atomic mass is 35.5. The molecule has 1 aliphatic rings. The van der Waals surface area contributed by atoms with E-state index in [2.05, 4.69) is 10.4 Å². The third-order valence-electron chi connectivity index (χ3n) is 4.54. The Morgan fingerprint density at radius 1 is 1.35 bits per heavy atom. The van der Waals surface area contributed by atoms with E-state index in [0.29, 0.717) is 17.8 Å². The van der Waals surface area contributed by atoms with Crippen LogP contribution >= 0.6 is 12.4 Å². The number of nitrogens with two attached hydrogens (primary N) is 1. The molecule has 0 radical (unpaired) electrons. The summed E-state index contributed by atoms with van der Waals surface area (Å²) in [5, 5.41) is 6.98. The Kier molecular flexibility index (Phi) is 6.44. The molecule has 0 saturated heterocycles. The zero-order valence-corrected chi connectivity index (χ0v) is 16.1. The van der Waals surface area contributed by atoms with Crippen LogP contribution in [0.3, 0.4) is 0 Å². The molecule has 7 nitrogen and oxygen atoms in total. The van der Waals surface area contributed by atoms with Gasteiger partial charge in [0.15, 0.2) is 9.84 Å². The number of amides is 1. The van der Waals surface area contributed by atoms with Gasteiger partial charge in [0.05, 0.1) is 28.7 Å². The maximum Gasteiger partial charge on any atom is 0.224 e. The van der Waals surface area contributed by atoms with Gasteiger partial charge in [0, 0.05) is 18.7 Å². The van der Waals surface area contributed by atoms with Gasteiger partial charge < -0.3 is 11.1 Å². The molecule has 1 aliphatic carbocycles. The molecule has 0 spiro atoms. The summed E-state index contributed by atoms with van der Waals surface area (Å²) >= 11 is 0. The molecule has 0 bridgehead atoms. The van der Waals surface area contributed by atoms with Crippen molar-refractivity contribution in [1.29, 1.82) is 0 Å². The standard InChI is InChI=1S/C17H22N4O3S.ClH/c1-25(23,24)16-8-3-2-7-15(16)21-11-13(10-19-21)20-17(22)9-12-5-4-6-14(12)18;/h2-3,7-8,10-12,14H,4-6,9,18H2,1H3,(H,20,22);1H/t12-,14+;/m0./s1. The van der Waals surface area contributed by atoms with Gasteiger partial charge in [-0.25, -0.2) is 13.1 Å². The van der Waals surface area contributed by atoms with Crippen molar-refractivity contribution < 1.29 is 13.2 Å². The Balaban J connectivity index is 0.00000243. The van der Waals surface area contributed by atoms with Crippen molar-refractivity contribution in [2.75, 3.05) is 11.6 Å². The number of nitrogens with zero attached hydrogens (tertiary/aromatic N) is 2. The largest absolute Gasteiger partial charge is 0.327 e. The third-order valence-corrected chi connectivity index (χ3v) is 5.69. The van der Waals surface area contributed by atoms with Crippen LogP contribution in [-0.4, -0.2) is 36.4 Å². The second kappa shape index (κ2) is 8.20. The highest BCUT2D eigenvalue weighted by Crippen LogP contribution is 2.27. The van der Waals surface area contributed by atoms with E-state index in [1.165, 1.54) is 16.9 Å². The Bertz CT molecular complexity index is 882. The van der Waals surface area contributed by atoms with Crippen molar-refractivity contribution in [3.8, 4) is 5.69 Å². The van der Waals surface area contributed by atoms with Crippen LogP contribution in [0.4, 0.5) is 5.69 Å². The number of aromatic nitrogens is 2. The van der Waals surface area contributed by atoms with Crippen LogP contribution in [0, 0.1) is 5.92 Å². The summed E-state index contributed by atoms with van der Waals surface area (Å²) in [4.78, 5) is 12.4. The van der Waals surface area contributed by atoms with Gasteiger partial charge in [-0.3, -0.25) is 4.79 Å². The number of sulfone groups is 1. The molecule has 26 heavy (non-hydrogen) atoms. The van der Waals surface area contributed by atoms with Gasteiger partial charge in [-0.1, -0.05) is 18.6 Å². The molecule has 142 valence electrons. The first kappa shape index (κ1) is 20.4. The average Bonchev–Trinajstić information content (AvgIpc) is 3.16. The van der Waals surface area contributed by atoms with Crippen LogP contribution in [0.15, 0.2) is 41.6 Å². The molecule has 1 fully saturated rings. The number of benzene rings is 1. The number of para-hydroxylation sites is 1. The van der Waals surface area contributed by atoms with Crippen molar-refractivity contribution in [3.63, 3.8) is 0 Å². The van der Waals surface area contributed by atoms with Gasteiger partial charge in [0.25, 0.3) is 0 Å². The normalized spacial score (nSPS) is 19.8. The third kappa shape index (κ3) is 4.63. The van der Waals surface area contributed by atoms with E-state index in [9.17, 15) is 13.2 Å². The average molecular weight is 399 g/mol. The van der Waals surface area contributed by atoms with Gasteiger partial charge in [0.1, 0.15) is 0 Å². The maximum absolute atomic E-state index is 12.2. The molecule has 1 aromatic heterocycles. The number of rotatable bonds is 5. The summed E-state index contributed by atoms with van der Waals surface area (Å²) in [5.74, 6) is 0.124. The molecule has 2 aromatic rings. The Hall–Kier alpha value is -1.90. The lowest BCUT2D eigenvalue weighted by molar-refractivity contribution is -0.117. The summed E-state index contributed by atoms with van der Waals surface area (Å²) in [5.41, 5.74) is 6.98. The first-order valence-electron chi connectivity index (χ1n) is 8.24. The Labute approximate surface area is 159 Å². The number of carbonyl (C=O) groups excluding carboxylic acids is 1. The molecular weight excluding hydrogens is 376 g/mol. The quantitative estimate of drug-likeness (QED) is 0.802. The molecule has 2 atom stereocenters. The van der Waals surface area contributed by atoms with Crippen LogP contribution in [0.1, 0.15) is 25.7 Å². The number of hydrogen-bond donors (Lipinski definition) is 2. The maximum atomic E-state index is 12.2. The predicted molar refractivity (Wildman–Crippen MR) is 102 cm³/mol. The number of anilines is 1. The molecule has 1 heterocycles. The minimum absolute atomic E-state index is 0. The van der Waals surface area contributed by atoms with Crippen LogP contribution < -0.4 is 11.1 Å². The van der Waals surface area contributed by atoms with Crippen molar-refractivity contribution in [3.05, 3.63) is 36.7 Å². The van der Waals surface area contributed by atoms with E-state index < -0.39 is 9.84 Å². The van der Waals surface area contributed by atoms with E-state index >= 15 is 0 Å². The molecule has 3 N–H and O–H groups in total. The number of halogens is 1. The van der Waals surface area contributed by atoms with Gasteiger partial charge in [-0.2, -0.15) is 5.10 Å². The summed E-state index contributed by atoms with van der Waals surface area (Å²) in [6.45, 7) is 0. The van der Waals surface area contributed by atoms with Gasteiger partial charge >= 0.3 is 0 Å². The van der Waals surface area contributed by atoms with E-state index in [4.69, 9.17) is 5.73 Å². The van der Waals surface area contributed by atoms with Crippen molar-refractivity contribution in [2.45, 2.75) is 36.6 Å². The summed E-state index contributed by atoms with van der Waals surface area (Å²) < 4.78 is 25.3. The first-order chi connectivity index (χ1) is 11.8. The van der Waals surface area contributed by atoms with Crippen molar-refractivity contribution in [1.82, 2.24) is 9.78 Å². The number of nitrogens with one attached hydrogen (secondary N) is 1. The van der Waals surface area contributed by atoms with Crippen LogP contribution in [0.2, 0.25) is 0 Å². The highest BCUT2D eigenvalue weighted by molar-refractivity contribution is 7.90. The summed E-state index contributed by atoms with van der Waals surface area (Å²) in [6.07, 6.45) is 7.68. The fraction of sp³-hybridized carbons (Fsp3) is 0.412. The summed E-state index contributed by atoms with van der Waals surface area (Å²) in [7, 11) is -3.38. The lowest BCUT2D eigenvalue weighted by atomic mass is 10.00. The van der Waals surface area contributed by atoms with Gasteiger partial charge in [-0.05, 0) is 30.9 Å². The van der Waals surface area contributed by atoms with Gasteiger partial charge in [0.2, 0.25) is 5.91 Å². The van der Waals surface area contributed by atoms with Gasteiger partial charge in [-0.15, -0.1) is 12.4 Å². The highest BCUT2D eigenvalue weighted by Gasteiger charge is 2.26. The molecule has 1 saturated carbocycles.